The van der Waals surface area contributed by atoms with Crippen LogP contribution >= 0.6 is 0 Å². The molecule has 32 heavy (non-hydrogen) atoms. The van der Waals surface area contributed by atoms with E-state index in [1.807, 2.05) is 18.2 Å². The van der Waals surface area contributed by atoms with Crippen molar-refractivity contribution in [3.63, 3.8) is 0 Å². The summed E-state index contributed by atoms with van der Waals surface area (Å²) in [6.07, 6.45) is 0.204. The molecule has 5 nitrogen and oxygen atoms in total. The van der Waals surface area contributed by atoms with Crippen molar-refractivity contribution in [3.8, 4) is 11.3 Å². The van der Waals surface area contributed by atoms with E-state index in [9.17, 15) is 21.6 Å². The number of alkyl halides is 3. The average Bonchev–Trinajstić information content (AvgIpc) is 2.80. The molecule has 0 unspecified atom stereocenters. The summed E-state index contributed by atoms with van der Waals surface area (Å²) in [6, 6.07) is 14.6. The predicted molar refractivity (Wildman–Crippen MR) is 116 cm³/mol. The van der Waals surface area contributed by atoms with E-state index in [0.717, 1.165) is 23.5 Å². The van der Waals surface area contributed by atoms with E-state index in [1.165, 1.54) is 6.07 Å². The zero-order valence-electron chi connectivity index (χ0n) is 17.1. The largest absolute Gasteiger partial charge is 0.417 e. The fraction of sp³-hybridized carbons (Fsp3) is 0.304. The number of aromatic nitrogens is 2. The van der Waals surface area contributed by atoms with Gasteiger partial charge in [-0.3, -0.25) is 4.98 Å². The van der Waals surface area contributed by atoms with E-state index in [2.05, 4.69) is 15.3 Å². The minimum Gasteiger partial charge on any atom is -0.367 e. The molecule has 0 aliphatic heterocycles. The third-order valence-corrected chi connectivity index (χ3v) is 7.98. The summed E-state index contributed by atoms with van der Waals surface area (Å²) in [5.41, 5.74) is 0.827. The molecule has 9 heteroatoms. The summed E-state index contributed by atoms with van der Waals surface area (Å²) < 4.78 is 64.1. The van der Waals surface area contributed by atoms with Crippen LogP contribution in [0.1, 0.15) is 31.2 Å². The first-order valence-corrected chi connectivity index (χ1v) is 11.8. The highest BCUT2D eigenvalue weighted by Gasteiger charge is 2.33. The van der Waals surface area contributed by atoms with Gasteiger partial charge in [0.1, 0.15) is 5.82 Å². The number of nitrogens with one attached hydrogen (secondary N) is 1. The van der Waals surface area contributed by atoms with E-state index in [1.54, 1.807) is 30.5 Å². The highest BCUT2D eigenvalue weighted by Crippen LogP contribution is 2.32. The summed E-state index contributed by atoms with van der Waals surface area (Å²) in [7, 11) is -3.47. The molecule has 0 radical (unpaired) electrons. The van der Waals surface area contributed by atoms with E-state index in [4.69, 9.17) is 0 Å². The smallest absolute Gasteiger partial charge is 0.367 e. The Morgan fingerprint density at radius 2 is 1.59 bits per heavy atom. The Labute approximate surface area is 184 Å². The van der Waals surface area contributed by atoms with Gasteiger partial charge in [-0.25, -0.2) is 13.4 Å². The second-order valence-electron chi connectivity index (χ2n) is 7.83. The second kappa shape index (κ2) is 8.90. The maximum atomic E-state index is 13.1. The van der Waals surface area contributed by atoms with Gasteiger partial charge in [-0.2, -0.15) is 13.2 Å². The Morgan fingerprint density at radius 1 is 0.875 bits per heavy atom. The Kier molecular flexibility index (Phi) is 6.19. The molecule has 1 N–H and O–H groups in total. The quantitative estimate of drug-likeness (QED) is 0.554. The van der Waals surface area contributed by atoms with Crippen molar-refractivity contribution in [1.29, 1.82) is 0 Å². The van der Waals surface area contributed by atoms with Crippen LogP contribution in [0.5, 0.6) is 0 Å². The third kappa shape index (κ3) is 4.93. The molecule has 1 aliphatic carbocycles. The lowest BCUT2D eigenvalue weighted by molar-refractivity contribution is -0.137. The molecule has 0 amide bonds. The van der Waals surface area contributed by atoms with Crippen LogP contribution in [0.2, 0.25) is 0 Å². The lowest BCUT2D eigenvalue weighted by Crippen LogP contribution is -2.33. The number of hydrogen-bond donors (Lipinski definition) is 1. The topological polar surface area (TPSA) is 72.0 Å². The van der Waals surface area contributed by atoms with Gasteiger partial charge in [0.25, 0.3) is 0 Å². The Hall–Kier alpha value is -2.94. The fourth-order valence-electron chi connectivity index (χ4n) is 3.91. The van der Waals surface area contributed by atoms with Gasteiger partial charge in [0.15, 0.2) is 9.84 Å². The summed E-state index contributed by atoms with van der Waals surface area (Å²) in [4.78, 5) is 8.40. The molecule has 4 rings (SSSR count). The third-order valence-electron chi connectivity index (χ3n) is 5.70. The second-order valence-corrected chi connectivity index (χ2v) is 10.1. The predicted octanol–water partition coefficient (Wildman–Crippen LogP) is 5.36. The highest BCUT2D eigenvalue weighted by molar-refractivity contribution is 7.92. The van der Waals surface area contributed by atoms with Crippen LogP contribution < -0.4 is 5.32 Å². The van der Waals surface area contributed by atoms with Crippen molar-refractivity contribution in [2.24, 2.45) is 0 Å². The van der Waals surface area contributed by atoms with Gasteiger partial charge in [0.05, 0.1) is 21.4 Å². The number of sulfone groups is 1. The number of benzene rings is 1. The molecule has 3 aromatic rings. The first kappa shape index (κ1) is 22.3. The minimum atomic E-state index is -4.42. The minimum absolute atomic E-state index is 0.0304. The van der Waals surface area contributed by atoms with Gasteiger partial charge >= 0.3 is 6.18 Å². The molecule has 1 fully saturated rings. The lowest BCUT2D eigenvalue weighted by atomic mass is 9.95. The number of anilines is 1. The monoisotopic (exact) mass is 461 g/mol. The van der Waals surface area contributed by atoms with E-state index in [-0.39, 0.29) is 10.9 Å². The van der Waals surface area contributed by atoms with Crippen molar-refractivity contribution in [2.75, 3.05) is 5.32 Å². The van der Waals surface area contributed by atoms with Gasteiger partial charge in [0.2, 0.25) is 0 Å². The van der Waals surface area contributed by atoms with Crippen LogP contribution in [0.15, 0.2) is 71.9 Å². The first-order chi connectivity index (χ1) is 15.2. The molecular weight excluding hydrogens is 439 g/mol. The van der Waals surface area contributed by atoms with Gasteiger partial charge < -0.3 is 5.32 Å². The van der Waals surface area contributed by atoms with Crippen LogP contribution in [-0.2, 0) is 16.0 Å². The summed E-state index contributed by atoms with van der Waals surface area (Å²) >= 11 is 0. The van der Waals surface area contributed by atoms with E-state index in [0.29, 0.717) is 31.5 Å². The molecule has 0 saturated heterocycles. The van der Waals surface area contributed by atoms with Crippen LogP contribution in [0.3, 0.4) is 0 Å². The van der Waals surface area contributed by atoms with Gasteiger partial charge in [-0.1, -0.05) is 18.2 Å². The SMILES string of the molecule is O=S(=O)(c1ccc(-c2ccccn2)cc1)C1CCC(Nc2ccc(C(F)(F)F)cn2)CC1. The van der Waals surface area contributed by atoms with Crippen LogP contribution in [0, 0.1) is 0 Å². The molecule has 0 atom stereocenters. The molecule has 1 saturated carbocycles. The van der Waals surface area contributed by atoms with Crippen molar-refractivity contribution < 1.29 is 21.6 Å². The molecule has 2 aromatic heterocycles. The number of rotatable bonds is 5. The molecule has 0 spiro atoms. The van der Waals surface area contributed by atoms with Crippen molar-refractivity contribution in [2.45, 2.75) is 48.0 Å². The van der Waals surface area contributed by atoms with Crippen molar-refractivity contribution >= 4 is 15.7 Å². The molecular formula is C23H22F3N3O2S. The van der Waals surface area contributed by atoms with Gasteiger partial charge in [-0.05, 0) is 62.1 Å². The fourth-order valence-corrected chi connectivity index (χ4v) is 5.71. The zero-order chi connectivity index (χ0) is 22.8. The normalized spacial score (nSPS) is 19.5. The Balaban J connectivity index is 1.37. The molecule has 1 aliphatic rings. The van der Waals surface area contributed by atoms with Crippen LogP contribution in [0.4, 0.5) is 19.0 Å². The summed E-state index contributed by atoms with van der Waals surface area (Å²) in [5.74, 6) is 0.356. The molecule has 1 aromatic carbocycles. The number of hydrogen-bond acceptors (Lipinski definition) is 5. The molecule has 0 bridgehead atoms. The number of halogens is 3. The number of pyridine rings is 2. The lowest BCUT2D eigenvalue weighted by Gasteiger charge is -2.29. The van der Waals surface area contributed by atoms with Crippen molar-refractivity contribution in [1.82, 2.24) is 9.97 Å². The maximum Gasteiger partial charge on any atom is 0.417 e. The van der Waals surface area contributed by atoms with E-state index >= 15 is 0 Å². The standard InChI is InChI=1S/C23H22F3N3O2S/c24-23(25,26)17-6-13-22(28-15-17)29-18-7-11-20(12-8-18)32(30,31)19-9-4-16(5-10-19)21-3-1-2-14-27-21/h1-6,9-10,13-15,18,20H,7-8,11-12H2,(H,28,29). The van der Waals surface area contributed by atoms with Gasteiger partial charge in [-0.15, -0.1) is 0 Å². The Bertz CT molecular complexity index is 1140. The van der Waals surface area contributed by atoms with Gasteiger partial charge in [0, 0.05) is 24.0 Å². The summed E-state index contributed by atoms with van der Waals surface area (Å²) in [5, 5.41) is 2.63. The molecule has 2 heterocycles. The van der Waals surface area contributed by atoms with Crippen LogP contribution in [0.25, 0.3) is 11.3 Å². The van der Waals surface area contributed by atoms with E-state index < -0.39 is 26.8 Å². The van der Waals surface area contributed by atoms with Crippen LogP contribution in [-0.4, -0.2) is 29.7 Å². The summed E-state index contributed by atoms with van der Waals surface area (Å²) in [6.45, 7) is 0. The number of nitrogens with zero attached hydrogens (tertiary/aromatic N) is 2. The maximum absolute atomic E-state index is 13.1. The Morgan fingerprint density at radius 3 is 2.16 bits per heavy atom. The first-order valence-electron chi connectivity index (χ1n) is 10.3. The molecule has 168 valence electrons. The average molecular weight is 462 g/mol. The van der Waals surface area contributed by atoms with Crippen molar-refractivity contribution in [3.05, 3.63) is 72.6 Å². The highest BCUT2D eigenvalue weighted by atomic mass is 32.2. The zero-order valence-corrected chi connectivity index (χ0v) is 17.9.